The highest BCUT2D eigenvalue weighted by atomic mass is 16.2. The van der Waals surface area contributed by atoms with Gasteiger partial charge >= 0.3 is 0 Å². The molecule has 1 N–H and O–H groups in total. The first-order chi connectivity index (χ1) is 12.2. The summed E-state index contributed by atoms with van der Waals surface area (Å²) in [6.45, 7) is 1.22. The lowest BCUT2D eigenvalue weighted by Crippen LogP contribution is -2.40. The second kappa shape index (κ2) is 6.51. The predicted octanol–water partition coefficient (Wildman–Crippen LogP) is 3.30. The van der Waals surface area contributed by atoms with E-state index in [9.17, 15) is 9.59 Å². The number of carbonyl (C=O) groups excluding carboxylic acids is 2. The number of nitrogens with zero attached hydrogens (tertiary/aromatic N) is 2. The number of para-hydroxylation sites is 1. The highest BCUT2D eigenvalue weighted by Gasteiger charge is 2.29. The van der Waals surface area contributed by atoms with Crippen LogP contribution < -0.4 is 0 Å². The molecule has 0 radical (unpaired) electrons. The summed E-state index contributed by atoms with van der Waals surface area (Å²) in [5, 5.41) is 0.975. The van der Waals surface area contributed by atoms with Gasteiger partial charge in [0.25, 0.3) is 5.91 Å². The third kappa shape index (κ3) is 2.93. The number of pyridine rings is 1. The molecule has 3 heterocycles. The molecule has 0 unspecified atom stereocenters. The Morgan fingerprint density at radius 2 is 1.76 bits per heavy atom. The number of nitrogens with one attached hydrogen (secondary N) is 1. The van der Waals surface area contributed by atoms with Gasteiger partial charge in [0, 0.05) is 59.6 Å². The SMILES string of the molecule is O=C(c1c[nH]c2ccccc12)C1CCN(C(=O)c2ccncc2)CC1. The summed E-state index contributed by atoms with van der Waals surface area (Å²) in [6.07, 6.45) is 6.47. The average Bonchev–Trinajstić information content (AvgIpc) is 3.12. The fraction of sp³-hybridized carbons (Fsp3) is 0.250. The van der Waals surface area contributed by atoms with Crippen LogP contribution in [0.4, 0.5) is 0 Å². The molecule has 0 saturated carbocycles. The maximum atomic E-state index is 12.9. The van der Waals surface area contributed by atoms with Crippen molar-refractivity contribution in [2.45, 2.75) is 12.8 Å². The molecule has 1 aromatic carbocycles. The summed E-state index contributed by atoms with van der Waals surface area (Å²) in [4.78, 5) is 34.3. The summed E-state index contributed by atoms with van der Waals surface area (Å²) in [7, 11) is 0. The van der Waals surface area contributed by atoms with Crippen LogP contribution in [0.15, 0.2) is 55.0 Å². The summed E-state index contributed by atoms with van der Waals surface area (Å²) in [5.74, 6) is 0.162. The molecule has 126 valence electrons. The number of benzene rings is 1. The van der Waals surface area contributed by atoms with Crippen molar-refractivity contribution in [3.05, 3.63) is 66.1 Å². The zero-order valence-corrected chi connectivity index (χ0v) is 13.8. The molecule has 2 aromatic heterocycles. The van der Waals surface area contributed by atoms with Gasteiger partial charge in [0.15, 0.2) is 5.78 Å². The second-order valence-electron chi connectivity index (χ2n) is 6.41. The topological polar surface area (TPSA) is 66.1 Å². The van der Waals surface area contributed by atoms with Gasteiger partial charge in [0.2, 0.25) is 0 Å². The summed E-state index contributed by atoms with van der Waals surface area (Å²) < 4.78 is 0. The zero-order valence-electron chi connectivity index (χ0n) is 13.8. The minimum Gasteiger partial charge on any atom is -0.360 e. The van der Waals surface area contributed by atoms with Crippen LogP contribution in [0.5, 0.6) is 0 Å². The molecule has 25 heavy (non-hydrogen) atoms. The molecule has 0 spiro atoms. The Hall–Kier alpha value is -2.95. The number of rotatable bonds is 3. The lowest BCUT2D eigenvalue weighted by Gasteiger charge is -2.31. The molecule has 0 atom stereocenters. The number of likely N-dealkylation sites (tertiary alicyclic amines) is 1. The van der Waals surface area contributed by atoms with Crippen molar-refractivity contribution in [3.8, 4) is 0 Å². The van der Waals surface area contributed by atoms with E-state index in [-0.39, 0.29) is 17.6 Å². The number of hydrogen-bond acceptors (Lipinski definition) is 3. The van der Waals surface area contributed by atoms with E-state index >= 15 is 0 Å². The number of H-pyrrole nitrogens is 1. The van der Waals surface area contributed by atoms with Crippen LogP contribution in [-0.4, -0.2) is 39.6 Å². The van der Waals surface area contributed by atoms with E-state index in [0.717, 1.165) is 16.5 Å². The molecule has 4 rings (SSSR count). The zero-order chi connectivity index (χ0) is 17.2. The Morgan fingerprint density at radius 1 is 1.04 bits per heavy atom. The van der Waals surface area contributed by atoms with Gasteiger partial charge in [-0.15, -0.1) is 0 Å². The third-order valence-electron chi connectivity index (χ3n) is 4.93. The summed E-state index contributed by atoms with van der Waals surface area (Å²) >= 11 is 0. The van der Waals surface area contributed by atoms with Gasteiger partial charge in [0.1, 0.15) is 0 Å². The lowest BCUT2D eigenvalue weighted by molar-refractivity contribution is 0.0650. The van der Waals surface area contributed by atoms with Crippen LogP contribution in [0.3, 0.4) is 0 Å². The Bertz CT molecular complexity index is 909. The second-order valence-corrected chi connectivity index (χ2v) is 6.41. The minimum atomic E-state index is -0.0271. The standard InChI is InChI=1S/C20H19N3O2/c24-19(17-13-22-18-4-2-1-3-16(17)18)14-7-11-23(12-8-14)20(25)15-5-9-21-10-6-15/h1-6,9-10,13-14,22H,7-8,11-12H2. The number of aromatic amines is 1. The quantitative estimate of drug-likeness (QED) is 0.748. The van der Waals surface area contributed by atoms with E-state index in [1.807, 2.05) is 35.4 Å². The maximum Gasteiger partial charge on any atom is 0.253 e. The molecule has 1 aliphatic heterocycles. The number of carbonyl (C=O) groups is 2. The van der Waals surface area contributed by atoms with Crippen molar-refractivity contribution >= 4 is 22.6 Å². The molecule has 3 aromatic rings. The van der Waals surface area contributed by atoms with Crippen molar-refractivity contribution in [1.82, 2.24) is 14.9 Å². The molecule has 5 nitrogen and oxygen atoms in total. The van der Waals surface area contributed by atoms with Crippen molar-refractivity contribution in [2.24, 2.45) is 5.92 Å². The van der Waals surface area contributed by atoms with E-state index in [4.69, 9.17) is 0 Å². The molecule has 0 aliphatic carbocycles. The van der Waals surface area contributed by atoms with Crippen LogP contribution >= 0.6 is 0 Å². The van der Waals surface area contributed by atoms with Crippen molar-refractivity contribution < 1.29 is 9.59 Å². The monoisotopic (exact) mass is 333 g/mol. The van der Waals surface area contributed by atoms with E-state index in [1.165, 1.54) is 0 Å². The van der Waals surface area contributed by atoms with E-state index in [1.54, 1.807) is 24.5 Å². The molecule has 0 bridgehead atoms. The number of aromatic nitrogens is 2. The first-order valence-electron chi connectivity index (χ1n) is 8.53. The van der Waals surface area contributed by atoms with Gasteiger partial charge in [-0.05, 0) is 31.0 Å². The predicted molar refractivity (Wildman–Crippen MR) is 95.5 cm³/mol. The van der Waals surface area contributed by atoms with Gasteiger partial charge in [-0.25, -0.2) is 0 Å². The molecule has 1 saturated heterocycles. The summed E-state index contributed by atoms with van der Waals surface area (Å²) in [5.41, 5.74) is 2.39. The van der Waals surface area contributed by atoms with Crippen molar-refractivity contribution in [2.75, 3.05) is 13.1 Å². The van der Waals surface area contributed by atoms with E-state index in [2.05, 4.69) is 9.97 Å². The first-order valence-corrected chi connectivity index (χ1v) is 8.53. The van der Waals surface area contributed by atoms with Gasteiger partial charge in [0.05, 0.1) is 0 Å². The van der Waals surface area contributed by atoms with Crippen molar-refractivity contribution in [3.63, 3.8) is 0 Å². The fourth-order valence-electron chi connectivity index (χ4n) is 3.52. The number of Topliss-reactive ketones (excluding diaryl/α,β-unsaturated/α-hetero) is 1. The van der Waals surface area contributed by atoms with Crippen LogP contribution in [-0.2, 0) is 0 Å². The van der Waals surface area contributed by atoms with E-state index in [0.29, 0.717) is 31.5 Å². The number of fused-ring (bicyclic) bond motifs is 1. The smallest absolute Gasteiger partial charge is 0.253 e. The number of hydrogen-bond donors (Lipinski definition) is 1. The first kappa shape index (κ1) is 15.6. The number of ketones is 1. The average molecular weight is 333 g/mol. The highest BCUT2D eigenvalue weighted by molar-refractivity contribution is 6.09. The van der Waals surface area contributed by atoms with Crippen LogP contribution in [0, 0.1) is 5.92 Å². The van der Waals surface area contributed by atoms with Gasteiger partial charge in [-0.2, -0.15) is 0 Å². The van der Waals surface area contributed by atoms with Gasteiger partial charge in [-0.1, -0.05) is 18.2 Å². The minimum absolute atomic E-state index is 0.0143. The van der Waals surface area contributed by atoms with Crippen LogP contribution in [0.25, 0.3) is 10.9 Å². The van der Waals surface area contributed by atoms with Gasteiger partial charge < -0.3 is 9.88 Å². The molecular weight excluding hydrogens is 314 g/mol. The van der Waals surface area contributed by atoms with E-state index < -0.39 is 0 Å². The Labute approximate surface area is 145 Å². The van der Waals surface area contributed by atoms with Crippen molar-refractivity contribution in [1.29, 1.82) is 0 Å². The van der Waals surface area contributed by atoms with Crippen LogP contribution in [0.1, 0.15) is 33.6 Å². The number of piperidine rings is 1. The molecule has 1 amide bonds. The largest absolute Gasteiger partial charge is 0.360 e. The maximum absolute atomic E-state index is 12.9. The Morgan fingerprint density at radius 3 is 2.52 bits per heavy atom. The molecular formula is C20H19N3O2. The third-order valence-corrected chi connectivity index (χ3v) is 4.93. The normalized spacial score (nSPS) is 15.4. The summed E-state index contributed by atoms with van der Waals surface area (Å²) in [6, 6.07) is 11.3. The van der Waals surface area contributed by atoms with Crippen LogP contribution in [0.2, 0.25) is 0 Å². The Balaban J connectivity index is 1.45. The fourth-order valence-corrected chi connectivity index (χ4v) is 3.52. The van der Waals surface area contributed by atoms with Gasteiger partial charge in [-0.3, -0.25) is 14.6 Å². The lowest BCUT2D eigenvalue weighted by atomic mass is 9.88. The molecule has 1 fully saturated rings. The molecule has 5 heteroatoms. The molecule has 1 aliphatic rings. The highest BCUT2D eigenvalue weighted by Crippen LogP contribution is 2.26. The number of amides is 1. The Kier molecular flexibility index (Phi) is 4.06.